The summed E-state index contributed by atoms with van der Waals surface area (Å²) in [4.78, 5) is 34.6. The molecule has 23 heavy (non-hydrogen) atoms. The monoisotopic (exact) mass is 334 g/mol. The standard InChI is InChI=1S/C15H14N2O5S/c1-9-4-3-5-11(17(20)21)13(9)16-12(18)8-22-15(19)14-10(2)6-7-23-14/h3-7H,8H2,1-2H3,(H,16,18). The molecule has 0 fully saturated rings. The third-order valence-corrected chi connectivity index (χ3v) is 4.09. The van der Waals surface area contributed by atoms with Gasteiger partial charge in [0.2, 0.25) is 0 Å². The van der Waals surface area contributed by atoms with Gasteiger partial charge in [-0.3, -0.25) is 14.9 Å². The molecule has 1 aromatic carbocycles. The van der Waals surface area contributed by atoms with Crippen LogP contribution in [0.15, 0.2) is 29.6 Å². The minimum Gasteiger partial charge on any atom is -0.451 e. The van der Waals surface area contributed by atoms with Crippen molar-refractivity contribution in [3.8, 4) is 0 Å². The summed E-state index contributed by atoms with van der Waals surface area (Å²) in [7, 11) is 0. The SMILES string of the molecule is Cc1ccsc1C(=O)OCC(=O)Nc1c(C)cccc1[N+](=O)[O-]. The second-order valence-electron chi connectivity index (χ2n) is 4.78. The summed E-state index contributed by atoms with van der Waals surface area (Å²) in [6.45, 7) is 2.90. The lowest BCUT2D eigenvalue weighted by molar-refractivity contribution is -0.384. The summed E-state index contributed by atoms with van der Waals surface area (Å²) >= 11 is 1.23. The lowest BCUT2D eigenvalue weighted by atomic mass is 10.1. The number of thiophene rings is 1. The summed E-state index contributed by atoms with van der Waals surface area (Å²) < 4.78 is 4.93. The van der Waals surface area contributed by atoms with Crippen molar-refractivity contribution in [1.82, 2.24) is 0 Å². The molecule has 1 aromatic heterocycles. The number of rotatable bonds is 5. The van der Waals surface area contributed by atoms with Crippen LogP contribution in [0.5, 0.6) is 0 Å². The molecule has 0 bridgehead atoms. The van der Waals surface area contributed by atoms with E-state index in [-0.39, 0.29) is 11.4 Å². The first-order valence-corrected chi connectivity index (χ1v) is 7.53. The van der Waals surface area contributed by atoms with Crippen molar-refractivity contribution in [1.29, 1.82) is 0 Å². The average molecular weight is 334 g/mol. The first kappa shape index (κ1) is 16.6. The molecule has 0 spiro atoms. The first-order chi connectivity index (χ1) is 10.9. The molecule has 0 unspecified atom stereocenters. The Kier molecular flexibility index (Phi) is 5.07. The van der Waals surface area contributed by atoms with Gasteiger partial charge in [-0.2, -0.15) is 0 Å². The van der Waals surface area contributed by atoms with E-state index in [0.717, 1.165) is 5.56 Å². The molecule has 7 nitrogen and oxygen atoms in total. The number of nitro groups is 1. The number of hydrogen-bond acceptors (Lipinski definition) is 6. The quantitative estimate of drug-likeness (QED) is 0.515. The van der Waals surface area contributed by atoms with Crippen LogP contribution in [0.25, 0.3) is 0 Å². The molecule has 0 saturated heterocycles. The van der Waals surface area contributed by atoms with E-state index in [4.69, 9.17) is 4.74 Å². The Morgan fingerprint density at radius 3 is 2.61 bits per heavy atom. The van der Waals surface area contributed by atoms with Gasteiger partial charge >= 0.3 is 5.97 Å². The minimum absolute atomic E-state index is 0.103. The Balaban J connectivity index is 2.02. The molecule has 2 rings (SSSR count). The third kappa shape index (κ3) is 3.92. The van der Waals surface area contributed by atoms with E-state index < -0.39 is 23.4 Å². The van der Waals surface area contributed by atoms with E-state index in [1.807, 2.05) is 0 Å². The summed E-state index contributed by atoms with van der Waals surface area (Å²) in [5.41, 5.74) is 1.22. The Morgan fingerprint density at radius 2 is 2.00 bits per heavy atom. The number of nitrogens with one attached hydrogen (secondary N) is 1. The molecule has 0 saturated carbocycles. The van der Waals surface area contributed by atoms with Crippen LogP contribution in [0.1, 0.15) is 20.8 Å². The number of amides is 1. The van der Waals surface area contributed by atoms with E-state index >= 15 is 0 Å². The van der Waals surface area contributed by atoms with Gasteiger partial charge in [-0.1, -0.05) is 12.1 Å². The van der Waals surface area contributed by atoms with Gasteiger partial charge < -0.3 is 10.1 Å². The number of benzene rings is 1. The molecule has 2 aromatic rings. The van der Waals surface area contributed by atoms with Gasteiger partial charge in [-0.15, -0.1) is 11.3 Å². The van der Waals surface area contributed by atoms with Gasteiger partial charge in [0.25, 0.3) is 11.6 Å². The normalized spacial score (nSPS) is 10.2. The Bertz CT molecular complexity index is 769. The van der Waals surface area contributed by atoms with Gasteiger partial charge in [0.15, 0.2) is 6.61 Å². The molecular formula is C15H14N2O5S. The number of esters is 1. The topological polar surface area (TPSA) is 98.5 Å². The van der Waals surface area contributed by atoms with E-state index in [9.17, 15) is 19.7 Å². The number of nitro benzene ring substituents is 1. The van der Waals surface area contributed by atoms with Crippen LogP contribution in [0.4, 0.5) is 11.4 Å². The van der Waals surface area contributed by atoms with Crippen molar-refractivity contribution >= 4 is 34.6 Å². The highest BCUT2D eigenvalue weighted by Gasteiger charge is 2.19. The van der Waals surface area contributed by atoms with Crippen LogP contribution in [0.3, 0.4) is 0 Å². The molecule has 0 aliphatic heterocycles. The molecule has 8 heteroatoms. The van der Waals surface area contributed by atoms with Crippen molar-refractivity contribution < 1.29 is 19.2 Å². The van der Waals surface area contributed by atoms with Crippen molar-refractivity contribution in [3.63, 3.8) is 0 Å². The van der Waals surface area contributed by atoms with Crippen LogP contribution in [-0.4, -0.2) is 23.4 Å². The molecule has 1 amide bonds. The zero-order valence-electron chi connectivity index (χ0n) is 12.5. The van der Waals surface area contributed by atoms with Crippen molar-refractivity contribution in [3.05, 3.63) is 55.8 Å². The number of carbonyl (C=O) groups is 2. The highest BCUT2D eigenvalue weighted by atomic mass is 32.1. The lowest BCUT2D eigenvalue weighted by Crippen LogP contribution is -2.21. The first-order valence-electron chi connectivity index (χ1n) is 6.65. The zero-order chi connectivity index (χ0) is 17.0. The van der Waals surface area contributed by atoms with E-state index in [0.29, 0.717) is 10.4 Å². The fraction of sp³-hybridized carbons (Fsp3) is 0.200. The van der Waals surface area contributed by atoms with Gasteiger partial charge in [0, 0.05) is 6.07 Å². The Labute approximate surface area is 136 Å². The molecular weight excluding hydrogens is 320 g/mol. The largest absolute Gasteiger partial charge is 0.451 e. The average Bonchev–Trinajstić information content (AvgIpc) is 2.93. The molecule has 0 aliphatic carbocycles. The highest BCUT2D eigenvalue weighted by molar-refractivity contribution is 7.12. The van der Waals surface area contributed by atoms with Crippen LogP contribution in [0, 0.1) is 24.0 Å². The van der Waals surface area contributed by atoms with Gasteiger partial charge in [0.1, 0.15) is 10.6 Å². The highest BCUT2D eigenvalue weighted by Crippen LogP contribution is 2.27. The summed E-state index contributed by atoms with van der Waals surface area (Å²) in [5.74, 6) is -1.23. The van der Waals surface area contributed by atoms with Gasteiger partial charge in [-0.25, -0.2) is 4.79 Å². The Hall–Kier alpha value is -2.74. The van der Waals surface area contributed by atoms with Crippen molar-refractivity contribution in [2.75, 3.05) is 11.9 Å². The number of nitrogens with zero attached hydrogens (tertiary/aromatic N) is 1. The fourth-order valence-electron chi connectivity index (χ4n) is 1.92. The second-order valence-corrected chi connectivity index (χ2v) is 5.70. The molecule has 120 valence electrons. The minimum atomic E-state index is -0.634. The number of anilines is 1. The van der Waals surface area contributed by atoms with Crippen LogP contribution in [0.2, 0.25) is 0 Å². The van der Waals surface area contributed by atoms with Crippen molar-refractivity contribution in [2.45, 2.75) is 13.8 Å². The van der Waals surface area contributed by atoms with E-state index in [1.54, 1.807) is 31.4 Å². The molecule has 1 N–H and O–H groups in total. The summed E-state index contributed by atoms with van der Waals surface area (Å²) in [5, 5.41) is 15.2. The van der Waals surface area contributed by atoms with Crippen LogP contribution >= 0.6 is 11.3 Å². The van der Waals surface area contributed by atoms with E-state index in [1.165, 1.54) is 23.5 Å². The van der Waals surface area contributed by atoms with Crippen LogP contribution in [-0.2, 0) is 9.53 Å². The van der Waals surface area contributed by atoms with Gasteiger partial charge in [0.05, 0.1) is 4.92 Å². The number of carbonyl (C=O) groups excluding carboxylic acids is 2. The fourth-order valence-corrected chi connectivity index (χ4v) is 2.74. The van der Waals surface area contributed by atoms with Gasteiger partial charge in [-0.05, 0) is 36.4 Å². The maximum absolute atomic E-state index is 11.9. The molecule has 0 radical (unpaired) electrons. The molecule has 0 atom stereocenters. The Morgan fingerprint density at radius 1 is 1.26 bits per heavy atom. The smallest absolute Gasteiger partial charge is 0.349 e. The zero-order valence-corrected chi connectivity index (χ0v) is 13.3. The second kappa shape index (κ2) is 7.01. The number of para-hydroxylation sites is 1. The summed E-state index contributed by atoms with van der Waals surface area (Å²) in [6, 6.07) is 6.24. The number of aryl methyl sites for hydroxylation is 2. The third-order valence-electron chi connectivity index (χ3n) is 3.09. The number of hydrogen-bond donors (Lipinski definition) is 1. The van der Waals surface area contributed by atoms with Crippen LogP contribution < -0.4 is 5.32 Å². The maximum atomic E-state index is 11.9. The molecule has 1 heterocycles. The predicted molar refractivity (Wildman–Crippen MR) is 85.8 cm³/mol. The molecule has 0 aliphatic rings. The van der Waals surface area contributed by atoms with E-state index in [2.05, 4.69) is 5.32 Å². The summed E-state index contributed by atoms with van der Waals surface area (Å²) in [6.07, 6.45) is 0. The maximum Gasteiger partial charge on any atom is 0.349 e. The lowest BCUT2D eigenvalue weighted by Gasteiger charge is -2.09. The number of ether oxygens (including phenoxy) is 1. The predicted octanol–water partition coefficient (Wildman–Crippen LogP) is 3.07. The van der Waals surface area contributed by atoms with Crippen molar-refractivity contribution in [2.24, 2.45) is 0 Å².